The zero-order chi connectivity index (χ0) is 14.7. The highest BCUT2D eigenvalue weighted by Gasteiger charge is 2.30. The van der Waals surface area contributed by atoms with E-state index in [4.69, 9.17) is 9.47 Å². The molecular weight excluding hydrogens is 266 g/mol. The summed E-state index contributed by atoms with van der Waals surface area (Å²) in [6, 6.07) is 5.87. The molecule has 1 fully saturated rings. The van der Waals surface area contributed by atoms with Crippen LogP contribution in [0.2, 0.25) is 0 Å². The van der Waals surface area contributed by atoms with Gasteiger partial charge in [0.2, 0.25) is 0 Å². The van der Waals surface area contributed by atoms with Crippen LogP contribution in [0.4, 0.5) is 0 Å². The molecule has 1 atom stereocenters. The number of nitrogens with zero attached hydrogens (tertiary/aromatic N) is 1. The van der Waals surface area contributed by atoms with Crippen LogP contribution >= 0.6 is 0 Å². The van der Waals surface area contributed by atoms with Crippen molar-refractivity contribution in [3.8, 4) is 5.75 Å². The summed E-state index contributed by atoms with van der Waals surface area (Å²) in [6.07, 6.45) is 2.76. The van der Waals surface area contributed by atoms with Gasteiger partial charge in [-0.3, -0.25) is 9.69 Å². The summed E-state index contributed by atoms with van der Waals surface area (Å²) < 4.78 is 11.5. The first-order chi connectivity index (χ1) is 10.3. The molecule has 2 aliphatic heterocycles. The fourth-order valence-corrected chi connectivity index (χ4v) is 3.14. The van der Waals surface area contributed by atoms with Gasteiger partial charge < -0.3 is 9.47 Å². The molecule has 3 rings (SSSR count). The Morgan fingerprint density at radius 1 is 1.38 bits per heavy atom. The molecule has 1 aromatic carbocycles. The van der Waals surface area contributed by atoms with Crippen LogP contribution in [0, 0.1) is 0 Å². The molecule has 4 heteroatoms. The number of carbonyl (C=O) groups excluding carboxylic acids is 1. The van der Waals surface area contributed by atoms with E-state index in [9.17, 15) is 4.79 Å². The van der Waals surface area contributed by atoms with Gasteiger partial charge in [-0.25, -0.2) is 0 Å². The molecule has 0 aromatic heterocycles. The van der Waals surface area contributed by atoms with E-state index in [0.29, 0.717) is 25.3 Å². The summed E-state index contributed by atoms with van der Waals surface area (Å²) in [5, 5.41) is 0. The van der Waals surface area contributed by atoms with E-state index in [0.717, 1.165) is 43.7 Å². The molecule has 4 nitrogen and oxygen atoms in total. The van der Waals surface area contributed by atoms with Gasteiger partial charge in [-0.05, 0) is 37.4 Å². The van der Waals surface area contributed by atoms with Gasteiger partial charge in [0.05, 0.1) is 18.8 Å². The van der Waals surface area contributed by atoms with E-state index in [-0.39, 0.29) is 11.9 Å². The van der Waals surface area contributed by atoms with Gasteiger partial charge >= 0.3 is 0 Å². The highest BCUT2D eigenvalue weighted by Crippen LogP contribution is 2.30. The lowest BCUT2D eigenvalue weighted by atomic mass is 9.97. The topological polar surface area (TPSA) is 38.8 Å². The molecule has 0 aliphatic carbocycles. The first kappa shape index (κ1) is 14.5. The first-order valence-electron chi connectivity index (χ1n) is 7.92. The number of carbonyl (C=O) groups is 1. The predicted molar refractivity (Wildman–Crippen MR) is 81.1 cm³/mol. The van der Waals surface area contributed by atoms with Crippen molar-refractivity contribution in [2.75, 3.05) is 32.8 Å². The van der Waals surface area contributed by atoms with Crippen molar-refractivity contribution in [3.05, 3.63) is 29.3 Å². The molecule has 1 saturated heterocycles. The molecule has 0 radical (unpaired) electrons. The number of ether oxygens (including phenoxy) is 2. The number of ketones is 1. The minimum atomic E-state index is -0.359. The van der Waals surface area contributed by atoms with Crippen molar-refractivity contribution >= 4 is 5.78 Å². The average Bonchev–Trinajstić information content (AvgIpc) is 2.54. The van der Waals surface area contributed by atoms with Crippen molar-refractivity contribution in [3.63, 3.8) is 0 Å². The number of fused-ring (bicyclic) bond motifs is 1. The molecule has 114 valence electrons. The van der Waals surface area contributed by atoms with Crippen molar-refractivity contribution in [1.29, 1.82) is 0 Å². The Bertz CT molecular complexity index is 513. The second-order valence-corrected chi connectivity index (χ2v) is 5.77. The Hall–Kier alpha value is -1.39. The number of Topliss-reactive ketones (excluding diaryl/α,β-unsaturated/α-hetero) is 1. The number of hydrogen-bond acceptors (Lipinski definition) is 4. The number of benzene rings is 1. The number of rotatable bonds is 4. The molecule has 0 amide bonds. The van der Waals surface area contributed by atoms with Crippen LogP contribution in [0.15, 0.2) is 18.2 Å². The van der Waals surface area contributed by atoms with Gasteiger partial charge in [0.1, 0.15) is 11.9 Å². The van der Waals surface area contributed by atoms with E-state index < -0.39 is 0 Å². The summed E-state index contributed by atoms with van der Waals surface area (Å²) in [5.41, 5.74) is 1.84. The molecule has 1 aromatic rings. The standard InChI is InChI=1S/C17H23NO3/c1-2-8-18-9-11-20-15(12-18)16(19)14-7-3-5-13-6-4-10-21-17(13)14/h3,5,7,15H,2,4,6,8-12H2,1H3. The van der Waals surface area contributed by atoms with Crippen molar-refractivity contribution in [1.82, 2.24) is 4.90 Å². The lowest BCUT2D eigenvalue weighted by Crippen LogP contribution is -2.46. The monoisotopic (exact) mass is 289 g/mol. The molecule has 0 saturated carbocycles. The summed E-state index contributed by atoms with van der Waals surface area (Å²) >= 11 is 0. The van der Waals surface area contributed by atoms with E-state index in [1.807, 2.05) is 12.1 Å². The second kappa shape index (κ2) is 6.58. The lowest BCUT2D eigenvalue weighted by molar-refractivity contribution is -0.0165. The number of morpholine rings is 1. The third-order valence-corrected chi connectivity index (χ3v) is 4.18. The van der Waals surface area contributed by atoms with E-state index in [2.05, 4.69) is 17.9 Å². The summed E-state index contributed by atoms with van der Waals surface area (Å²) in [6.45, 7) is 6.12. The minimum absolute atomic E-state index is 0.0644. The Morgan fingerprint density at radius 3 is 3.14 bits per heavy atom. The Kier molecular flexibility index (Phi) is 4.56. The van der Waals surface area contributed by atoms with Crippen LogP contribution in [-0.4, -0.2) is 49.6 Å². The van der Waals surface area contributed by atoms with Crippen LogP contribution in [0.1, 0.15) is 35.7 Å². The van der Waals surface area contributed by atoms with Crippen LogP contribution in [0.3, 0.4) is 0 Å². The fraction of sp³-hybridized carbons (Fsp3) is 0.588. The van der Waals surface area contributed by atoms with Crippen LogP contribution in [0.25, 0.3) is 0 Å². The maximum atomic E-state index is 12.8. The predicted octanol–water partition coefficient (Wildman–Crippen LogP) is 2.31. The largest absolute Gasteiger partial charge is 0.493 e. The SMILES string of the molecule is CCCN1CCOC(C(=O)c2cccc3c2OCCC3)C1. The van der Waals surface area contributed by atoms with Gasteiger partial charge in [-0.1, -0.05) is 19.1 Å². The Morgan fingerprint density at radius 2 is 2.29 bits per heavy atom. The number of aryl methyl sites for hydroxylation is 1. The summed E-state index contributed by atoms with van der Waals surface area (Å²) in [5.74, 6) is 0.847. The second-order valence-electron chi connectivity index (χ2n) is 5.77. The van der Waals surface area contributed by atoms with Crippen LogP contribution in [-0.2, 0) is 11.2 Å². The third kappa shape index (κ3) is 3.11. The van der Waals surface area contributed by atoms with Crippen molar-refractivity contribution in [2.45, 2.75) is 32.3 Å². The van der Waals surface area contributed by atoms with Crippen molar-refractivity contribution in [2.24, 2.45) is 0 Å². The molecule has 0 bridgehead atoms. The zero-order valence-corrected chi connectivity index (χ0v) is 12.6. The Labute approximate surface area is 126 Å². The maximum Gasteiger partial charge on any atom is 0.196 e. The van der Waals surface area contributed by atoms with Gasteiger partial charge in [0.15, 0.2) is 5.78 Å². The van der Waals surface area contributed by atoms with E-state index in [1.54, 1.807) is 0 Å². The maximum absolute atomic E-state index is 12.8. The quantitative estimate of drug-likeness (QED) is 0.797. The molecular formula is C17H23NO3. The van der Waals surface area contributed by atoms with Crippen LogP contribution in [0.5, 0.6) is 5.75 Å². The molecule has 21 heavy (non-hydrogen) atoms. The van der Waals surface area contributed by atoms with Gasteiger partial charge in [0, 0.05) is 13.1 Å². The Balaban J connectivity index is 1.79. The van der Waals surface area contributed by atoms with Gasteiger partial charge in [-0.2, -0.15) is 0 Å². The van der Waals surface area contributed by atoms with Crippen molar-refractivity contribution < 1.29 is 14.3 Å². The van der Waals surface area contributed by atoms with Gasteiger partial charge in [0.25, 0.3) is 0 Å². The molecule has 1 unspecified atom stereocenters. The highest BCUT2D eigenvalue weighted by atomic mass is 16.5. The average molecular weight is 289 g/mol. The number of hydrogen-bond donors (Lipinski definition) is 0. The third-order valence-electron chi connectivity index (χ3n) is 4.18. The van der Waals surface area contributed by atoms with Gasteiger partial charge in [-0.15, -0.1) is 0 Å². The highest BCUT2D eigenvalue weighted by molar-refractivity contribution is 6.02. The fourth-order valence-electron chi connectivity index (χ4n) is 3.14. The molecule has 2 aliphatic rings. The van der Waals surface area contributed by atoms with E-state index in [1.165, 1.54) is 0 Å². The molecule has 2 heterocycles. The normalized spacial score (nSPS) is 22.4. The minimum Gasteiger partial charge on any atom is -0.493 e. The first-order valence-corrected chi connectivity index (χ1v) is 7.92. The molecule has 0 N–H and O–H groups in total. The lowest BCUT2D eigenvalue weighted by Gasteiger charge is -2.32. The number of para-hydroxylation sites is 1. The smallest absolute Gasteiger partial charge is 0.196 e. The van der Waals surface area contributed by atoms with E-state index >= 15 is 0 Å². The van der Waals surface area contributed by atoms with Crippen LogP contribution < -0.4 is 4.74 Å². The molecule has 0 spiro atoms. The zero-order valence-electron chi connectivity index (χ0n) is 12.6. The summed E-state index contributed by atoms with van der Waals surface area (Å²) in [7, 11) is 0. The summed E-state index contributed by atoms with van der Waals surface area (Å²) in [4.78, 5) is 15.1.